The molecular formula is C15H19BrFNO2. The number of rotatable bonds is 2. The van der Waals surface area contributed by atoms with Crippen LogP contribution < -0.4 is 5.73 Å². The molecule has 0 saturated carbocycles. The molecule has 2 heterocycles. The van der Waals surface area contributed by atoms with E-state index in [1.807, 2.05) is 0 Å². The maximum atomic E-state index is 13.4. The number of hydrogen-bond acceptors (Lipinski definition) is 3. The third-order valence-electron chi connectivity index (χ3n) is 4.42. The average molecular weight is 344 g/mol. The average Bonchev–Trinajstić information content (AvgIpc) is 2.88. The van der Waals surface area contributed by atoms with Crippen molar-refractivity contribution in [1.29, 1.82) is 0 Å². The summed E-state index contributed by atoms with van der Waals surface area (Å²) in [6.45, 7) is 2.11. The van der Waals surface area contributed by atoms with E-state index in [0.717, 1.165) is 35.9 Å². The molecule has 0 aromatic heterocycles. The summed E-state index contributed by atoms with van der Waals surface area (Å²) in [4.78, 5) is 0. The largest absolute Gasteiger partial charge is 0.378 e. The van der Waals surface area contributed by atoms with Crippen LogP contribution in [0.15, 0.2) is 22.7 Å². The van der Waals surface area contributed by atoms with Crippen LogP contribution in [0.5, 0.6) is 0 Å². The van der Waals surface area contributed by atoms with Crippen molar-refractivity contribution in [3.63, 3.8) is 0 Å². The van der Waals surface area contributed by atoms with Gasteiger partial charge in [-0.3, -0.25) is 0 Å². The number of nitrogens with two attached hydrogens (primary N) is 1. The Bertz CT molecular complexity index is 491. The Labute approximate surface area is 126 Å². The molecule has 3 atom stereocenters. The lowest BCUT2D eigenvalue weighted by molar-refractivity contribution is -0.101. The van der Waals surface area contributed by atoms with Crippen LogP contribution >= 0.6 is 15.9 Å². The molecule has 3 rings (SSSR count). The second-order valence-electron chi connectivity index (χ2n) is 5.78. The van der Waals surface area contributed by atoms with E-state index in [4.69, 9.17) is 15.2 Å². The van der Waals surface area contributed by atoms with Crippen LogP contribution in [0.1, 0.15) is 30.9 Å². The molecule has 3 unspecified atom stereocenters. The van der Waals surface area contributed by atoms with Gasteiger partial charge in [0, 0.05) is 30.1 Å². The summed E-state index contributed by atoms with van der Waals surface area (Å²) in [6.07, 6.45) is 2.73. The third-order valence-corrected chi connectivity index (χ3v) is 5.15. The Kier molecular flexibility index (Phi) is 4.13. The van der Waals surface area contributed by atoms with E-state index in [1.165, 1.54) is 12.1 Å². The zero-order valence-electron chi connectivity index (χ0n) is 11.3. The van der Waals surface area contributed by atoms with Crippen LogP contribution in [0, 0.1) is 11.7 Å². The lowest BCUT2D eigenvalue weighted by Gasteiger charge is -2.39. The Morgan fingerprint density at radius 1 is 1.40 bits per heavy atom. The van der Waals surface area contributed by atoms with Crippen molar-refractivity contribution in [3.8, 4) is 0 Å². The van der Waals surface area contributed by atoms with Crippen LogP contribution in [-0.2, 0) is 9.47 Å². The van der Waals surface area contributed by atoms with Crippen LogP contribution in [0.2, 0.25) is 0 Å². The molecule has 2 fully saturated rings. The van der Waals surface area contributed by atoms with Crippen molar-refractivity contribution < 1.29 is 13.9 Å². The molecule has 1 aromatic carbocycles. The minimum Gasteiger partial charge on any atom is -0.378 e. The van der Waals surface area contributed by atoms with Gasteiger partial charge in [0.15, 0.2) is 0 Å². The van der Waals surface area contributed by atoms with Gasteiger partial charge in [-0.25, -0.2) is 4.39 Å². The molecule has 2 N–H and O–H groups in total. The van der Waals surface area contributed by atoms with Crippen LogP contribution in [0.4, 0.5) is 4.39 Å². The molecule has 0 radical (unpaired) electrons. The Morgan fingerprint density at radius 3 is 3.00 bits per heavy atom. The highest BCUT2D eigenvalue weighted by molar-refractivity contribution is 9.10. The summed E-state index contributed by atoms with van der Waals surface area (Å²) in [5.41, 5.74) is 7.07. The number of benzene rings is 1. The predicted molar refractivity (Wildman–Crippen MR) is 77.9 cm³/mol. The molecule has 2 aliphatic heterocycles. The second-order valence-corrected chi connectivity index (χ2v) is 6.63. The van der Waals surface area contributed by atoms with Crippen molar-refractivity contribution in [1.82, 2.24) is 0 Å². The summed E-state index contributed by atoms with van der Waals surface area (Å²) >= 11 is 3.47. The van der Waals surface area contributed by atoms with Gasteiger partial charge < -0.3 is 15.2 Å². The third kappa shape index (κ3) is 2.77. The molecule has 2 saturated heterocycles. The first-order valence-corrected chi connectivity index (χ1v) is 7.81. The molecule has 1 spiro atoms. The summed E-state index contributed by atoms with van der Waals surface area (Å²) in [5.74, 6) is 0.0492. The molecule has 0 bridgehead atoms. The minimum absolute atomic E-state index is 0.166. The zero-order valence-corrected chi connectivity index (χ0v) is 12.9. The standard InChI is InChI=1S/C15H19BrFNO2/c16-13-2-1-11(17)7-12(13)14(18)10-3-5-20-15(8-10)4-6-19-9-15/h1-2,7,10,14H,3-6,8-9,18H2. The zero-order chi connectivity index (χ0) is 14.2. The number of halogens is 2. The van der Waals surface area contributed by atoms with E-state index in [-0.39, 0.29) is 17.5 Å². The summed E-state index contributed by atoms with van der Waals surface area (Å²) in [5, 5.41) is 0. The maximum absolute atomic E-state index is 13.4. The van der Waals surface area contributed by atoms with Crippen molar-refractivity contribution in [2.75, 3.05) is 19.8 Å². The maximum Gasteiger partial charge on any atom is 0.123 e. The van der Waals surface area contributed by atoms with E-state index >= 15 is 0 Å². The lowest BCUT2D eigenvalue weighted by Crippen LogP contribution is -2.43. The number of ether oxygens (including phenoxy) is 2. The quantitative estimate of drug-likeness (QED) is 0.896. The first kappa shape index (κ1) is 14.4. The monoisotopic (exact) mass is 343 g/mol. The molecule has 110 valence electrons. The van der Waals surface area contributed by atoms with Crippen LogP contribution in [0.3, 0.4) is 0 Å². The summed E-state index contributed by atoms with van der Waals surface area (Å²) in [6, 6.07) is 4.51. The Hall–Kier alpha value is -0.490. The molecule has 0 amide bonds. The topological polar surface area (TPSA) is 44.5 Å². The second kappa shape index (κ2) is 5.72. The molecular weight excluding hydrogens is 325 g/mol. The molecule has 3 nitrogen and oxygen atoms in total. The van der Waals surface area contributed by atoms with Crippen molar-refractivity contribution in [2.24, 2.45) is 11.7 Å². The lowest BCUT2D eigenvalue weighted by atomic mass is 9.79. The van der Waals surface area contributed by atoms with Crippen molar-refractivity contribution in [3.05, 3.63) is 34.1 Å². The smallest absolute Gasteiger partial charge is 0.123 e. The van der Waals surface area contributed by atoms with Gasteiger partial charge in [0.1, 0.15) is 5.82 Å². The van der Waals surface area contributed by atoms with Gasteiger partial charge >= 0.3 is 0 Å². The Balaban J connectivity index is 1.79. The van der Waals surface area contributed by atoms with E-state index in [9.17, 15) is 4.39 Å². The van der Waals surface area contributed by atoms with Gasteiger partial charge in [0.2, 0.25) is 0 Å². The van der Waals surface area contributed by atoms with Gasteiger partial charge in [-0.1, -0.05) is 15.9 Å². The highest BCUT2D eigenvalue weighted by Crippen LogP contribution is 2.41. The fourth-order valence-electron chi connectivity index (χ4n) is 3.26. The highest BCUT2D eigenvalue weighted by atomic mass is 79.9. The van der Waals surface area contributed by atoms with Crippen LogP contribution in [-0.4, -0.2) is 25.4 Å². The van der Waals surface area contributed by atoms with E-state index in [1.54, 1.807) is 6.07 Å². The molecule has 2 aliphatic rings. The van der Waals surface area contributed by atoms with Crippen LogP contribution in [0.25, 0.3) is 0 Å². The van der Waals surface area contributed by atoms with Gasteiger partial charge in [-0.2, -0.15) is 0 Å². The van der Waals surface area contributed by atoms with Gasteiger partial charge in [0.05, 0.1) is 12.2 Å². The first-order chi connectivity index (χ1) is 9.60. The SMILES string of the molecule is NC(c1cc(F)ccc1Br)C1CCOC2(CCOC2)C1. The first-order valence-electron chi connectivity index (χ1n) is 7.02. The predicted octanol–water partition coefficient (Wildman–Crippen LogP) is 3.17. The fraction of sp³-hybridized carbons (Fsp3) is 0.600. The highest BCUT2D eigenvalue weighted by Gasteiger charge is 2.42. The Morgan fingerprint density at radius 2 is 2.25 bits per heavy atom. The van der Waals surface area contributed by atoms with E-state index < -0.39 is 0 Å². The number of hydrogen-bond donors (Lipinski definition) is 1. The van der Waals surface area contributed by atoms with Crippen molar-refractivity contribution in [2.45, 2.75) is 30.9 Å². The van der Waals surface area contributed by atoms with Gasteiger partial charge in [-0.05, 0) is 42.5 Å². The summed E-state index contributed by atoms with van der Waals surface area (Å²) in [7, 11) is 0. The van der Waals surface area contributed by atoms with E-state index in [2.05, 4.69) is 15.9 Å². The minimum atomic E-state index is -0.246. The van der Waals surface area contributed by atoms with Crippen molar-refractivity contribution >= 4 is 15.9 Å². The summed E-state index contributed by atoms with van der Waals surface area (Å²) < 4.78 is 25.7. The normalized spacial score (nSPS) is 31.6. The molecule has 20 heavy (non-hydrogen) atoms. The fourth-order valence-corrected chi connectivity index (χ4v) is 3.77. The molecule has 5 heteroatoms. The molecule has 1 aromatic rings. The van der Waals surface area contributed by atoms with Gasteiger partial charge in [-0.15, -0.1) is 0 Å². The van der Waals surface area contributed by atoms with E-state index in [0.29, 0.717) is 19.1 Å². The van der Waals surface area contributed by atoms with Gasteiger partial charge in [0.25, 0.3) is 0 Å². The molecule has 0 aliphatic carbocycles.